The van der Waals surface area contributed by atoms with Crippen molar-refractivity contribution in [1.82, 2.24) is 5.32 Å². The van der Waals surface area contributed by atoms with Crippen LogP contribution >= 0.6 is 11.8 Å². The van der Waals surface area contributed by atoms with E-state index in [2.05, 4.69) is 63.3 Å². The Labute approximate surface area is 126 Å². The summed E-state index contributed by atoms with van der Waals surface area (Å²) in [5, 5.41) is 3.36. The lowest BCUT2D eigenvalue weighted by atomic mass is 10.2. The molecule has 108 valence electrons. The molecule has 0 fully saturated rings. The maximum absolute atomic E-state index is 5.84. The summed E-state index contributed by atoms with van der Waals surface area (Å²) in [6.45, 7) is 9.36. The zero-order valence-electron chi connectivity index (χ0n) is 12.7. The molecule has 0 atom stereocenters. The third-order valence-corrected chi connectivity index (χ3v) is 4.30. The van der Waals surface area contributed by atoms with E-state index in [1.54, 1.807) is 0 Å². The number of aryl methyl sites for hydroxylation is 2. The Kier molecular flexibility index (Phi) is 5.32. The molecule has 0 aliphatic heterocycles. The van der Waals surface area contributed by atoms with Crippen molar-refractivity contribution < 1.29 is 4.42 Å². The summed E-state index contributed by atoms with van der Waals surface area (Å²) in [5.74, 6) is 2.93. The Morgan fingerprint density at radius 3 is 2.55 bits per heavy atom. The van der Waals surface area contributed by atoms with Crippen molar-refractivity contribution in [2.24, 2.45) is 0 Å². The van der Waals surface area contributed by atoms with Gasteiger partial charge in [0, 0.05) is 10.9 Å². The quantitative estimate of drug-likeness (QED) is 0.781. The standard InChI is InChI=1S/C17H23NOS/c1-12(2)18-10-15-6-7-16(19-15)11-20-17-8-5-13(3)9-14(17)4/h5-9,12,18H,10-11H2,1-4H3. The third-order valence-electron chi connectivity index (χ3n) is 3.10. The Bertz CT molecular complexity index is 560. The van der Waals surface area contributed by atoms with Crippen molar-refractivity contribution in [2.45, 2.75) is 50.9 Å². The molecule has 0 aliphatic carbocycles. The molecule has 0 amide bonds. The maximum Gasteiger partial charge on any atom is 0.118 e. The molecular weight excluding hydrogens is 266 g/mol. The molecule has 2 rings (SSSR count). The molecule has 2 aromatic rings. The predicted molar refractivity (Wildman–Crippen MR) is 86.2 cm³/mol. The van der Waals surface area contributed by atoms with Crippen molar-refractivity contribution in [3.63, 3.8) is 0 Å². The van der Waals surface area contributed by atoms with Crippen LogP contribution in [-0.2, 0) is 12.3 Å². The summed E-state index contributed by atoms with van der Waals surface area (Å²) in [7, 11) is 0. The average Bonchev–Trinajstić information content (AvgIpc) is 2.83. The second-order valence-corrected chi connectivity index (χ2v) is 6.48. The molecule has 0 radical (unpaired) electrons. The second-order valence-electron chi connectivity index (χ2n) is 5.46. The van der Waals surface area contributed by atoms with Crippen LogP contribution in [0.3, 0.4) is 0 Å². The second kappa shape index (κ2) is 7.00. The summed E-state index contributed by atoms with van der Waals surface area (Å²) in [4.78, 5) is 1.33. The molecule has 1 aromatic carbocycles. The van der Waals surface area contributed by atoms with E-state index in [4.69, 9.17) is 4.42 Å². The first kappa shape index (κ1) is 15.2. The zero-order chi connectivity index (χ0) is 14.5. The summed E-state index contributed by atoms with van der Waals surface area (Å²) in [6, 6.07) is 11.2. The lowest BCUT2D eigenvalue weighted by Crippen LogP contribution is -2.21. The molecule has 0 unspecified atom stereocenters. The Balaban J connectivity index is 1.90. The van der Waals surface area contributed by atoms with E-state index in [1.807, 2.05) is 11.8 Å². The van der Waals surface area contributed by atoms with Gasteiger partial charge in [-0.3, -0.25) is 0 Å². The van der Waals surface area contributed by atoms with Crippen molar-refractivity contribution >= 4 is 11.8 Å². The Hall–Kier alpha value is -1.19. The van der Waals surface area contributed by atoms with Gasteiger partial charge in [-0.25, -0.2) is 0 Å². The van der Waals surface area contributed by atoms with Crippen LogP contribution in [0.15, 0.2) is 39.6 Å². The van der Waals surface area contributed by atoms with E-state index in [9.17, 15) is 0 Å². The van der Waals surface area contributed by atoms with E-state index >= 15 is 0 Å². The largest absolute Gasteiger partial charge is 0.464 e. The smallest absolute Gasteiger partial charge is 0.118 e. The molecule has 0 spiro atoms. The SMILES string of the molecule is Cc1ccc(SCc2ccc(CNC(C)C)o2)c(C)c1. The fraction of sp³-hybridized carbons (Fsp3) is 0.412. The van der Waals surface area contributed by atoms with E-state index < -0.39 is 0 Å². The van der Waals surface area contributed by atoms with Crippen LogP contribution in [0.4, 0.5) is 0 Å². The minimum Gasteiger partial charge on any atom is -0.464 e. The number of furan rings is 1. The number of thioether (sulfide) groups is 1. The molecule has 1 aromatic heterocycles. The van der Waals surface area contributed by atoms with Gasteiger partial charge in [-0.1, -0.05) is 31.5 Å². The van der Waals surface area contributed by atoms with Crippen molar-refractivity contribution in [1.29, 1.82) is 0 Å². The summed E-state index contributed by atoms with van der Waals surface area (Å²) >= 11 is 1.83. The van der Waals surface area contributed by atoms with Crippen LogP contribution < -0.4 is 5.32 Å². The lowest BCUT2D eigenvalue weighted by molar-refractivity contribution is 0.445. The van der Waals surface area contributed by atoms with Crippen LogP contribution in [0.1, 0.15) is 36.5 Å². The fourth-order valence-electron chi connectivity index (χ4n) is 2.01. The van der Waals surface area contributed by atoms with Crippen molar-refractivity contribution in [3.8, 4) is 0 Å². The minimum absolute atomic E-state index is 0.480. The third kappa shape index (κ3) is 4.43. The van der Waals surface area contributed by atoms with E-state index in [1.165, 1.54) is 16.0 Å². The topological polar surface area (TPSA) is 25.2 Å². The predicted octanol–water partition coefficient (Wildman–Crippen LogP) is 4.69. The Morgan fingerprint density at radius 1 is 1.10 bits per heavy atom. The van der Waals surface area contributed by atoms with Gasteiger partial charge < -0.3 is 9.73 Å². The molecule has 1 N–H and O–H groups in total. The fourth-order valence-corrected chi connectivity index (χ4v) is 2.91. The van der Waals surface area contributed by atoms with Crippen LogP contribution in [0.25, 0.3) is 0 Å². The van der Waals surface area contributed by atoms with Gasteiger partial charge in [-0.05, 0) is 37.6 Å². The van der Waals surface area contributed by atoms with Crippen LogP contribution in [0, 0.1) is 13.8 Å². The summed E-state index contributed by atoms with van der Waals surface area (Å²) in [5.41, 5.74) is 2.65. The first-order valence-electron chi connectivity index (χ1n) is 7.05. The monoisotopic (exact) mass is 289 g/mol. The van der Waals surface area contributed by atoms with Crippen LogP contribution in [-0.4, -0.2) is 6.04 Å². The van der Waals surface area contributed by atoms with Gasteiger partial charge in [0.25, 0.3) is 0 Å². The van der Waals surface area contributed by atoms with Crippen molar-refractivity contribution in [2.75, 3.05) is 0 Å². The van der Waals surface area contributed by atoms with Gasteiger partial charge in [-0.2, -0.15) is 0 Å². The first-order valence-corrected chi connectivity index (χ1v) is 8.04. The van der Waals surface area contributed by atoms with Crippen LogP contribution in [0.2, 0.25) is 0 Å². The molecule has 1 heterocycles. The molecule has 0 saturated heterocycles. The molecular formula is C17H23NOS. The summed E-state index contributed by atoms with van der Waals surface area (Å²) < 4.78 is 5.84. The van der Waals surface area contributed by atoms with Crippen LogP contribution in [0.5, 0.6) is 0 Å². The highest BCUT2D eigenvalue weighted by atomic mass is 32.2. The number of hydrogen-bond donors (Lipinski definition) is 1. The number of rotatable bonds is 6. The van der Waals surface area contributed by atoms with Gasteiger partial charge in [-0.15, -0.1) is 11.8 Å². The maximum atomic E-state index is 5.84. The molecule has 0 saturated carbocycles. The van der Waals surface area contributed by atoms with Gasteiger partial charge in [0.2, 0.25) is 0 Å². The molecule has 3 heteroatoms. The number of benzene rings is 1. The van der Waals surface area contributed by atoms with E-state index in [0.29, 0.717) is 6.04 Å². The minimum atomic E-state index is 0.480. The van der Waals surface area contributed by atoms with Gasteiger partial charge in [0.05, 0.1) is 12.3 Å². The molecule has 0 bridgehead atoms. The first-order chi connectivity index (χ1) is 9.54. The van der Waals surface area contributed by atoms with Gasteiger partial charge in [0.15, 0.2) is 0 Å². The molecule has 20 heavy (non-hydrogen) atoms. The average molecular weight is 289 g/mol. The van der Waals surface area contributed by atoms with Crippen molar-refractivity contribution in [3.05, 3.63) is 53.0 Å². The van der Waals surface area contributed by atoms with E-state index in [0.717, 1.165) is 23.8 Å². The zero-order valence-corrected chi connectivity index (χ0v) is 13.5. The highest BCUT2D eigenvalue weighted by Gasteiger charge is 2.05. The number of hydrogen-bond acceptors (Lipinski definition) is 3. The summed E-state index contributed by atoms with van der Waals surface area (Å²) in [6.07, 6.45) is 0. The highest BCUT2D eigenvalue weighted by Crippen LogP contribution is 2.27. The highest BCUT2D eigenvalue weighted by molar-refractivity contribution is 7.98. The Morgan fingerprint density at radius 2 is 1.85 bits per heavy atom. The van der Waals surface area contributed by atoms with E-state index in [-0.39, 0.29) is 0 Å². The van der Waals surface area contributed by atoms with Gasteiger partial charge in [0.1, 0.15) is 11.5 Å². The molecule has 2 nitrogen and oxygen atoms in total. The van der Waals surface area contributed by atoms with Gasteiger partial charge >= 0.3 is 0 Å². The lowest BCUT2D eigenvalue weighted by Gasteiger charge is -2.06. The number of nitrogens with one attached hydrogen (secondary N) is 1. The normalized spacial score (nSPS) is 11.2. The molecule has 0 aliphatic rings.